The standard InChI is InChI=1S/C23H21ClN2O3S/c1-23(2,3)26-21(28)17-15-8-6-12-11-13(24)7-9-14(12)25(15)19(18(17)22(26)29)20(27)16-5-4-10-30-16/h4-11,15,17-19H,1-3H3/t15-,17+,18-,19+/m0/s1. The molecule has 4 heterocycles. The summed E-state index contributed by atoms with van der Waals surface area (Å²) in [5.74, 6) is -1.86. The van der Waals surface area contributed by atoms with Crippen LogP contribution in [0.25, 0.3) is 6.08 Å². The zero-order valence-electron chi connectivity index (χ0n) is 16.8. The SMILES string of the molecule is CC(C)(C)N1C(=O)[C@H]2[C@H](C1=O)[C@H](C(=O)c1cccs1)N1c3ccc(Cl)cc3C=C[C@@H]21. The molecule has 5 rings (SSSR count). The first-order chi connectivity index (χ1) is 14.2. The molecule has 0 unspecified atom stereocenters. The lowest BCUT2D eigenvalue weighted by Crippen LogP contribution is -2.52. The molecule has 0 radical (unpaired) electrons. The van der Waals surface area contributed by atoms with Crippen molar-refractivity contribution in [1.82, 2.24) is 4.90 Å². The molecule has 7 heteroatoms. The average Bonchev–Trinajstić information content (AvgIpc) is 3.37. The predicted octanol–water partition coefficient (Wildman–Crippen LogP) is 4.27. The Kier molecular flexibility index (Phi) is 4.25. The highest BCUT2D eigenvalue weighted by Crippen LogP contribution is 2.50. The largest absolute Gasteiger partial charge is 0.352 e. The highest BCUT2D eigenvalue weighted by molar-refractivity contribution is 7.12. The highest BCUT2D eigenvalue weighted by Gasteiger charge is 2.65. The van der Waals surface area contributed by atoms with E-state index in [0.29, 0.717) is 9.90 Å². The Morgan fingerprint density at radius 3 is 2.50 bits per heavy atom. The van der Waals surface area contributed by atoms with Gasteiger partial charge in [-0.1, -0.05) is 29.8 Å². The molecule has 30 heavy (non-hydrogen) atoms. The number of benzene rings is 1. The van der Waals surface area contributed by atoms with Crippen LogP contribution in [0.2, 0.25) is 5.02 Å². The van der Waals surface area contributed by atoms with Gasteiger partial charge in [0.05, 0.1) is 22.8 Å². The Balaban J connectivity index is 1.68. The Bertz CT molecular complexity index is 1100. The number of amides is 2. The summed E-state index contributed by atoms with van der Waals surface area (Å²) in [7, 11) is 0. The third-order valence-corrected chi connectivity index (χ3v) is 7.29. The second kappa shape index (κ2) is 6.53. The minimum absolute atomic E-state index is 0.115. The minimum Gasteiger partial charge on any atom is -0.352 e. The number of imide groups is 1. The summed E-state index contributed by atoms with van der Waals surface area (Å²) in [4.78, 5) is 44.5. The van der Waals surface area contributed by atoms with E-state index in [1.807, 2.05) is 61.4 Å². The molecule has 1 aromatic heterocycles. The summed E-state index contributed by atoms with van der Waals surface area (Å²) in [5, 5.41) is 2.45. The number of thiophene rings is 1. The fourth-order valence-electron chi connectivity index (χ4n) is 5.07. The first kappa shape index (κ1) is 19.5. The van der Waals surface area contributed by atoms with Crippen molar-refractivity contribution in [3.63, 3.8) is 0 Å². The number of carbonyl (C=O) groups excluding carboxylic acids is 3. The monoisotopic (exact) mass is 440 g/mol. The molecular formula is C23H21ClN2O3S. The van der Waals surface area contributed by atoms with Crippen molar-refractivity contribution in [3.05, 3.63) is 57.3 Å². The Hall–Kier alpha value is -2.44. The van der Waals surface area contributed by atoms with Gasteiger partial charge in [0.15, 0.2) is 5.78 Å². The number of rotatable bonds is 2. The maximum atomic E-state index is 13.6. The lowest BCUT2D eigenvalue weighted by Gasteiger charge is -2.38. The third kappa shape index (κ3) is 2.63. The van der Waals surface area contributed by atoms with E-state index in [9.17, 15) is 14.4 Å². The number of carbonyl (C=O) groups is 3. The fraction of sp³-hybridized carbons (Fsp3) is 0.348. The molecule has 2 aromatic rings. The van der Waals surface area contributed by atoms with Crippen LogP contribution in [0.15, 0.2) is 41.8 Å². The number of nitrogens with zero attached hydrogens (tertiary/aromatic N) is 2. The van der Waals surface area contributed by atoms with Crippen molar-refractivity contribution in [2.45, 2.75) is 38.4 Å². The number of anilines is 1. The van der Waals surface area contributed by atoms with Crippen LogP contribution in [0.4, 0.5) is 5.69 Å². The van der Waals surface area contributed by atoms with E-state index in [0.717, 1.165) is 11.3 Å². The number of Topliss-reactive ketones (excluding diaryl/α,β-unsaturated/α-hetero) is 1. The first-order valence-electron chi connectivity index (χ1n) is 9.92. The topological polar surface area (TPSA) is 57.7 Å². The van der Waals surface area contributed by atoms with Gasteiger partial charge >= 0.3 is 0 Å². The maximum absolute atomic E-state index is 13.6. The zero-order valence-corrected chi connectivity index (χ0v) is 18.4. The summed E-state index contributed by atoms with van der Waals surface area (Å²) in [5.41, 5.74) is 1.08. The summed E-state index contributed by atoms with van der Waals surface area (Å²) in [6.07, 6.45) is 3.88. The zero-order chi connectivity index (χ0) is 21.4. The van der Waals surface area contributed by atoms with Crippen molar-refractivity contribution < 1.29 is 14.4 Å². The smallest absolute Gasteiger partial charge is 0.236 e. The normalized spacial score (nSPS) is 27.3. The van der Waals surface area contributed by atoms with E-state index in [2.05, 4.69) is 0 Å². The van der Waals surface area contributed by atoms with Crippen LogP contribution in [-0.2, 0) is 9.59 Å². The molecule has 0 bridgehead atoms. The summed E-state index contributed by atoms with van der Waals surface area (Å²) in [6, 6.07) is 8.03. The number of hydrogen-bond donors (Lipinski definition) is 0. The lowest BCUT2D eigenvalue weighted by molar-refractivity contribution is -0.145. The minimum atomic E-state index is -0.729. The molecule has 5 nitrogen and oxygen atoms in total. The summed E-state index contributed by atoms with van der Waals surface area (Å²) >= 11 is 7.54. The Morgan fingerprint density at radius 1 is 1.10 bits per heavy atom. The lowest BCUT2D eigenvalue weighted by atomic mass is 9.87. The van der Waals surface area contributed by atoms with Gasteiger partial charge in [-0.05, 0) is 56.0 Å². The molecule has 3 aliphatic heterocycles. The van der Waals surface area contributed by atoms with Gasteiger partial charge in [0.25, 0.3) is 0 Å². The quantitative estimate of drug-likeness (QED) is 0.517. The van der Waals surface area contributed by atoms with Gasteiger partial charge in [-0.3, -0.25) is 19.3 Å². The van der Waals surface area contributed by atoms with Crippen LogP contribution < -0.4 is 4.90 Å². The van der Waals surface area contributed by atoms with Crippen molar-refractivity contribution in [3.8, 4) is 0 Å². The van der Waals surface area contributed by atoms with Crippen LogP contribution in [0.1, 0.15) is 36.0 Å². The number of likely N-dealkylation sites (tertiary alicyclic amines) is 1. The Morgan fingerprint density at radius 2 is 1.83 bits per heavy atom. The van der Waals surface area contributed by atoms with Gasteiger partial charge in [-0.2, -0.15) is 0 Å². The van der Waals surface area contributed by atoms with Gasteiger partial charge < -0.3 is 4.90 Å². The predicted molar refractivity (Wildman–Crippen MR) is 118 cm³/mol. The van der Waals surface area contributed by atoms with Gasteiger partial charge in [-0.25, -0.2) is 0 Å². The third-order valence-electron chi connectivity index (χ3n) is 6.17. The molecule has 3 aliphatic rings. The van der Waals surface area contributed by atoms with Crippen LogP contribution in [0.3, 0.4) is 0 Å². The van der Waals surface area contributed by atoms with Crippen LogP contribution in [-0.4, -0.2) is 40.1 Å². The molecule has 2 fully saturated rings. The molecule has 0 aliphatic carbocycles. The number of hydrogen-bond acceptors (Lipinski definition) is 5. The number of ketones is 1. The van der Waals surface area contributed by atoms with E-state index in [1.54, 1.807) is 12.1 Å². The van der Waals surface area contributed by atoms with E-state index in [4.69, 9.17) is 11.6 Å². The summed E-state index contributed by atoms with van der Waals surface area (Å²) < 4.78 is 0. The maximum Gasteiger partial charge on any atom is 0.236 e. The average molecular weight is 441 g/mol. The second-order valence-electron chi connectivity index (χ2n) is 8.98. The van der Waals surface area contributed by atoms with E-state index in [1.165, 1.54) is 16.2 Å². The Labute approximate surface area is 183 Å². The van der Waals surface area contributed by atoms with Crippen molar-refractivity contribution in [1.29, 1.82) is 0 Å². The molecular weight excluding hydrogens is 420 g/mol. The molecule has 1 aromatic carbocycles. The molecule has 154 valence electrons. The van der Waals surface area contributed by atoms with Crippen LogP contribution >= 0.6 is 22.9 Å². The van der Waals surface area contributed by atoms with Gasteiger partial charge in [0, 0.05) is 16.2 Å². The van der Waals surface area contributed by atoms with Crippen molar-refractivity contribution in [2.75, 3.05) is 4.90 Å². The second-order valence-corrected chi connectivity index (χ2v) is 10.4. The van der Waals surface area contributed by atoms with E-state index < -0.39 is 23.4 Å². The van der Waals surface area contributed by atoms with E-state index in [-0.39, 0.29) is 23.6 Å². The van der Waals surface area contributed by atoms with Crippen LogP contribution in [0, 0.1) is 11.8 Å². The molecule has 2 amide bonds. The first-order valence-corrected chi connectivity index (χ1v) is 11.2. The van der Waals surface area contributed by atoms with Gasteiger partial charge in [0.1, 0.15) is 6.04 Å². The van der Waals surface area contributed by atoms with Crippen molar-refractivity contribution >= 4 is 52.3 Å². The summed E-state index contributed by atoms with van der Waals surface area (Å²) in [6.45, 7) is 5.56. The van der Waals surface area contributed by atoms with Crippen molar-refractivity contribution in [2.24, 2.45) is 11.8 Å². The van der Waals surface area contributed by atoms with E-state index >= 15 is 0 Å². The molecule has 2 saturated heterocycles. The van der Waals surface area contributed by atoms with Gasteiger partial charge in [0.2, 0.25) is 11.8 Å². The number of halogens is 1. The fourth-order valence-corrected chi connectivity index (χ4v) is 5.95. The molecule has 0 N–H and O–H groups in total. The molecule has 0 saturated carbocycles. The highest BCUT2D eigenvalue weighted by atomic mass is 35.5. The molecule has 4 atom stereocenters. The molecule has 0 spiro atoms. The van der Waals surface area contributed by atoms with Crippen LogP contribution in [0.5, 0.6) is 0 Å². The number of fused-ring (bicyclic) bond motifs is 5. The van der Waals surface area contributed by atoms with Gasteiger partial charge in [-0.15, -0.1) is 11.3 Å².